The maximum Gasteiger partial charge on any atom is 0.242 e. The van der Waals surface area contributed by atoms with E-state index in [1.807, 2.05) is 24.3 Å². The van der Waals surface area contributed by atoms with Crippen LogP contribution in [0.25, 0.3) is 0 Å². The summed E-state index contributed by atoms with van der Waals surface area (Å²) in [5, 5.41) is 3.61. The molecule has 1 aliphatic rings. The Balaban J connectivity index is 1.73. The minimum absolute atomic E-state index is 0.100. The molecule has 0 saturated heterocycles. The summed E-state index contributed by atoms with van der Waals surface area (Å²) in [6.45, 7) is 3.94. The highest BCUT2D eigenvalue weighted by atomic mass is 79.9. The third-order valence-corrected chi connectivity index (χ3v) is 9.16. The lowest BCUT2D eigenvalue weighted by molar-refractivity contribution is -0.141. The van der Waals surface area contributed by atoms with Gasteiger partial charge in [-0.2, -0.15) is 0 Å². The number of carbonyl (C=O) groups is 2. The molecule has 2 aromatic rings. The van der Waals surface area contributed by atoms with Crippen LogP contribution in [0.4, 0.5) is 5.69 Å². The van der Waals surface area contributed by atoms with Gasteiger partial charge in [0.25, 0.3) is 0 Å². The zero-order valence-corrected chi connectivity index (χ0v) is 25.4. The largest absolute Gasteiger partial charge is 0.352 e. The van der Waals surface area contributed by atoms with E-state index in [-0.39, 0.29) is 37.4 Å². The van der Waals surface area contributed by atoms with Crippen molar-refractivity contribution in [2.45, 2.75) is 77.4 Å². The predicted octanol–water partition coefficient (Wildman–Crippen LogP) is 5.82. The third-order valence-electron chi connectivity index (χ3n) is 7.04. The van der Waals surface area contributed by atoms with E-state index in [9.17, 15) is 18.0 Å². The molecule has 0 aliphatic heterocycles. The molecule has 1 fully saturated rings. The molecule has 0 spiro atoms. The first-order valence-electron chi connectivity index (χ1n) is 13.0. The van der Waals surface area contributed by atoms with Gasteiger partial charge in [0.05, 0.1) is 11.9 Å². The average molecular weight is 627 g/mol. The summed E-state index contributed by atoms with van der Waals surface area (Å²) < 4.78 is 27.4. The second-order valence-corrected chi connectivity index (χ2v) is 13.2. The molecule has 1 saturated carbocycles. The van der Waals surface area contributed by atoms with Crippen molar-refractivity contribution in [3.05, 3.63) is 63.1 Å². The molecular weight excluding hydrogens is 590 g/mol. The maximum absolute atomic E-state index is 13.5. The summed E-state index contributed by atoms with van der Waals surface area (Å²) in [6, 6.07) is 12.3. The normalized spacial score (nSPS) is 15.1. The number of hydrogen-bond acceptors (Lipinski definition) is 4. The fourth-order valence-corrected chi connectivity index (χ4v) is 6.24. The van der Waals surface area contributed by atoms with Crippen LogP contribution in [0.5, 0.6) is 0 Å². The van der Waals surface area contributed by atoms with Gasteiger partial charge in [-0.15, -0.1) is 0 Å². The molecule has 0 bridgehead atoms. The Kier molecular flexibility index (Phi) is 11.1. The van der Waals surface area contributed by atoms with Crippen molar-refractivity contribution >= 4 is 55.1 Å². The molecule has 0 aromatic heterocycles. The Morgan fingerprint density at radius 3 is 2.39 bits per heavy atom. The summed E-state index contributed by atoms with van der Waals surface area (Å²) in [4.78, 5) is 28.2. The van der Waals surface area contributed by atoms with Crippen LogP contribution in [0, 0.1) is 6.92 Å². The van der Waals surface area contributed by atoms with Gasteiger partial charge in [0, 0.05) is 35.0 Å². The molecule has 1 aliphatic carbocycles. The van der Waals surface area contributed by atoms with Crippen LogP contribution in [0.3, 0.4) is 0 Å². The van der Waals surface area contributed by atoms with E-state index in [0.29, 0.717) is 22.7 Å². The lowest BCUT2D eigenvalue weighted by Gasteiger charge is -2.31. The van der Waals surface area contributed by atoms with Crippen LogP contribution < -0.4 is 9.62 Å². The van der Waals surface area contributed by atoms with E-state index in [1.165, 1.54) is 10.7 Å². The van der Waals surface area contributed by atoms with Gasteiger partial charge in [-0.05, 0) is 68.5 Å². The maximum atomic E-state index is 13.5. The molecule has 2 amide bonds. The minimum atomic E-state index is -3.59. The van der Waals surface area contributed by atoms with Crippen LogP contribution in [-0.4, -0.2) is 50.0 Å². The fourth-order valence-electron chi connectivity index (χ4n) is 4.79. The highest BCUT2D eigenvalue weighted by molar-refractivity contribution is 9.10. The number of carbonyl (C=O) groups excluding carboxylic acids is 2. The number of hydrogen-bond donors (Lipinski definition) is 1. The van der Waals surface area contributed by atoms with Gasteiger partial charge in [-0.25, -0.2) is 8.42 Å². The SMILES string of the molecule is Cc1c(Cl)cccc1N(CCCC(=O)N(Cc1ccc(Br)cc1)[C@H](C)C(=O)NC1CCCCC1)S(C)(=O)=O. The molecule has 1 atom stereocenters. The van der Waals surface area contributed by atoms with E-state index in [0.717, 1.165) is 42.0 Å². The van der Waals surface area contributed by atoms with Crippen molar-refractivity contribution in [2.75, 3.05) is 17.1 Å². The Hall–Kier alpha value is -2.10. The van der Waals surface area contributed by atoms with Gasteiger partial charge in [0.15, 0.2) is 0 Å². The molecular formula is C28H37BrClN3O4S. The van der Waals surface area contributed by atoms with Crippen LogP contribution >= 0.6 is 27.5 Å². The number of anilines is 1. The highest BCUT2D eigenvalue weighted by Gasteiger charge is 2.28. The fraction of sp³-hybridized carbons (Fsp3) is 0.500. The number of rotatable bonds is 11. The molecule has 0 radical (unpaired) electrons. The second-order valence-electron chi connectivity index (χ2n) is 9.99. The van der Waals surface area contributed by atoms with Crippen LogP contribution in [0.15, 0.2) is 46.9 Å². The van der Waals surface area contributed by atoms with Gasteiger partial charge in [0.1, 0.15) is 6.04 Å². The Bertz CT molecular complexity index is 1220. The van der Waals surface area contributed by atoms with Gasteiger partial charge in [-0.3, -0.25) is 13.9 Å². The first kappa shape index (κ1) is 30.4. The van der Waals surface area contributed by atoms with Gasteiger partial charge in [-0.1, -0.05) is 65.0 Å². The molecule has 2 aromatic carbocycles. The molecule has 0 heterocycles. The van der Waals surface area contributed by atoms with Crippen LogP contribution in [0.2, 0.25) is 5.02 Å². The monoisotopic (exact) mass is 625 g/mol. The predicted molar refractivity (Wildman–Crippen MR) is 157 cm³/mol. The van der Waals surface area contributed by atoms with E-state index >= 15 is 0 Å². The van der Waals surface area contributed by atoms with Gasteiger partial charge >= 0.3 is 0 Å². The van der Waals surface area contributed by atoms with Crippen molar-refractivity contribution < 1.29 is 18.0 Å². The van der Waals surface area contributed by atoms with Gasteiger partial charge in [0.2, 0.25) is 21.8 Å². The number of halogens is 2. The highest BCUT2D eigenvalue weighted by Crippen LogP contribution is 2.28. The first-order chi connectivity index (χ1) is 18.0. The number of nitrogens with one attached hydrogen (secondary N) is 1. The second kappa shape index (κ2) is 13.8. The Labute approximate surface area is 240 Å². The van der Waals surface area contributed by atoms with Crippen molar-refractivity contribution in [3.63, 3.8) is 0 Å². The standard InChI is InChI=1S/C28H37BrClN3O4S/c1-20-25(30)11-7-12-26(20)33(38(3,36)37)18-8-13-27(34)32(19-22-14-16-23(29)17-15-22)21(2)28(35)31-24-9-5-4-6-10-24/h7,11-12,14-17,21,24H,4-6,8-10,13,18-19H2,1-3H3,(H,31,35)/t21-/m1/s1. The van der Waals surface area contributed by atoms with E-state index < -0.39 is 16.1 Å². The van der Waals surface area contributed by atoms with Crippen molar-refractivity contribution in [2.24, 2.45) is 0 Å². The summed E-state index contributed by atoms with van der Waals surface area (Å²) in [5.74, 6) is -0.356. The Morgan fingerprint density at radius 2 is 1.76 bits per heavy atom. The van der Waals surface area contributed by atoms with Crippen molar-refractivity contribution in [3.8, 4) is 0 Å². The lowest BCUT2D eigenvalue weighted by atomic mass is 9.95. The summed E-state index contributed by atoms with van der Waals surface area (Å²) in [5.41, 5.74) is 2.07. The lowest BCUT2D eigenvalue weighted by Crippen LogP contribution is -2.50. The molecule has 38 heavy (non-hydrogen) atoms. The van der Waals surface area contributed by atoms with Crippen molar-refractivity contribution in [1.82, 2.24) is 10.2 Å². The molecule has 0 unspecified atom stereocenters. The average Bonchev–Trinajstić information content (AvgIpc) is 2.87. The minimum Gasteiger partial charge on any atom is -0.352 e. The van der Waals surface area contributed by atoms with Crippen molar-refractivity contribution in [1.29, 1.82) is 0 Å². The molecule has 1 N–H and O–H groups in total. The number of sulfonamides is 1. The molecule has 3 rings (SSSR count). The third kappa shape index (κ3) is 8.45. The summed E-state index contributed by atoms with van der Waals surface area (Å²) >= 11 is 9.67. The van der Waals surface area contributed by atoms with E-state index in [1.54, 1.807) is 36.9 Å². The quantitative estimate of drug-likeness (QED) is 0.340. The topological polar surface area (TPSA) is 86.8 Å². The Morgan fingerprint density at radius 1 is 1.11 bits per heavy atom. The number of amides is 2. The smallest absolute Gasteiger partial charge is 0.242 e. The van der Waals surface area contributed by atoms with Crippen LogP contribution in [0.1, 0.15) is 63.0 Å². The zero-order chi connectivity index (χ0) is 27.9. The summed E-state index contributed by atoms with van der Waals surface area (Å²) in [6.07, 6.45) is 6.86. The molecule has 208 valence electrons. The van der Waals surface area contributed by atoms with E-state index in [4.69, 9.17) is 11.6 Å². The van der Waals surface area contributed by atoms with Crippen LogP contribution in [-0.2, 0) is 26.2 Å². The molecule has 10 heteroatoms. The van der Waals surface area contributed by atoms with E-state index in [2.05, 4.69) is 21.2 Å². The summed E-state index contributed by atoms with van der Waals surface area (Å²) in [7, 11) is -3.59. The zero-order valence-electron chi connectivity index (χ0n) is 22.3. The van der Waals surface area contributed by atoms with Gasteiger partial charge < -0.3 is 10.2 Å². The first-order valence-corrected chi connectivity index (χ1v) is 16.1. The number of nitrogens with zero attached hydrogens (tertiary/aromatic N) is 2. The number of benzene rings is 2. The molecule has 7 nitrogen and oxygen atoms in total.